The first kappa shape index (κ1) is 15.7. The molecular formula is C18H21FN2O2. The standard InChI is InChI=1S/C18H21FN2O2/c1-3-12(4-2)18(22)21-10-9-16-15(11-21)17(23-20-16)13-5-7-14(19)8-6-13/h5-8,12H,3-4,9-11H2,1-2H3. The molecule has 0 radical (unpaired) electrons. The maximum Gasteiger partial charge on any atom is 0.225 e. The van der Waals surface area contributed by atoms with Crippen LogP contribution in [0.2, 0.25) is 0 Å². The van der Waals surface area contributed by atoms with Crippen molar-refractivity contribution in [2.75, 3.05) is 6.54 Å². The van der Waals surface area contributed by atoms with E-state index in [9.17, 15) is 9.18 Å². The van der Waals surface area contributed by atoms with Crippen molar-refractivity contribution in [2.45, 2.75) is 39.7 Å². The summed E-state index contributed by atoms with van der Waals surface area (Å²) in [5, 5.41) is 4.13. The van der Waals surface area contributed by atoms with E-state index in [0.29, 0.717) is 25.3 Å². The minimum atomic E-state index is -0.285. The molecule has 0 atom stereocenters. The Labute approximate surface area is 135 Å². The van der Waals surface area contributed by atoms with Crippen LogP contribution in [0.3, 0.4) is 0 Å². The number of carbonyl (C=O) groups is 1. The second-order valence-electron chi connectivity index (χ2n) is 5.97. The molecule has 5 heteroatoms. The van der Waals surface area contributed by atoms with E-state index in [0.717, 1.165) is 29.7 Å². The summed E-state index contributed by atoms with van der Waals surface area (Å²) < 4.78 is 18.6. The lowest BCUT2D eigenvalue weighted by Gasteiger charge is -2.29. The van der Waals surface area contributed by atoms with E-state index >= 15 is 0 Å². The molecular weight excluding hydrogens is 295 g/mol. The van der Waals surface area contributed by atoms with Crippen molar-refractivity contribution in [3.63, 3.8) is 0 Å². The van der Waals surface area contributed by atoms with Crippen LogP contribution in [0.4, 0.5) is 4.39 Å². The van der Waals surface area contributed by atoms with E-state index in [2.05, 4.69) is 5.16 Å². The molecule has 2 heterocycles. The van der Waals surface area contributed by atoms with Crippen LogP contribution in [0.5, 0.6) is 0 Å². The summed E-state index contributed by atoms with van der Waals surface area (Å²) in [4.78, 5) is 14.5. The highest BCUT2D eigenvalue weighted by atomic mass is 19.1. The Bertz CT molecular complexity index is 690. The molecule has 0 unspecified atom stereocenters. The zero-order valence-electron chi connectivity index (χ0n) is 13.5. The number of hydrogen-bond acceptors (Lipinski definition) is 3. The monoisotopic (exact) mass is 316 g/mol. The summed E-state index contributed by atoms with van der Waals surface area (Å²) in [5.41, 5.74) is 2.64. The fourth-order valence-electron chi connectivity index (χ4n) is 3.12. The van der Waals surface area contributed by atoms with Crippen molar-refractivity contribution in [3.05, 3.63) is 41.3 Å². The van der Waals surface area contributed by atoms with Gasteiger partial charge in [0.15, 0.2) is 5.76 Å². The number of aromatic nitrogens is 1. The van der Waals surface area contributed by atoms with E-state index in [1.165, 1.54) is 12.1 Å². The summed E-state index contributed by atoms with van der Waals surface area (Å²) in [7, 11) is 0. The van der Waals surface area contributed by atoms with E-state index in [1.54, 1.807) is 12.1 Å². The van der Waals surface area contributed by atoms with Gasteiger partial charge in [0, 0.05) is 30.0 Å². The molecule has 23 heavy (non-hydrogen) atoms. The third kappa shape index (κ3) is 3.00. The van der Waals surface area contributed by atoms with Crippen LogP contribution in [-0.4, -0.2) is 22.5 Å². The van der Waals surface area contributed by atoms with E-state index in [4.69, 9.17) is 4.52 Å². The fraction of sp³-hybridized carbons (Fsp3) is 0.444. The predicted octanol–water partition coefficient (Wildman–Crippen LogP) is 3.80. The Balaban J connectivity index is 1.87. The summed E-state index contributed by atoms with van der Waals surface area (Å²) >= 11 is 0. The predicted molar refractivity (Wildman–Crippen MR) is 85.1 cm³/mol. The molecule has 0 bridgehead atoms. The molecule has 3 rings (SSSR count). The van der Waals surface area contributed by atoms with Gasteiger partial charge in [-0.15, -0.1) is 0 Å². The van der Waals surface area contributed by atoms with Gasteiger partial charge >= 0.3 is 0 Å². The maximum atomic E-state index is 13.1. The smallest absolute Gasteiger partial charge is 0.225 e. The molecule has 1 aromatic carbocycles. The highest BCUT2D eigenvalue weighted by Gasteiger charge is 2.29. The molecule has 1 aliphatic rings. The molecule has 1 aliphatic heterocycles. The van der Waals surface area contributed by atoms with Crippen LogP contribution in [0.1, 0.15) is 37.9 Å². The third-order valence-electron chi connectivity index (χ3n) is 4.59. The van der Waals surface area contributed by atoms with Gasteiger partial charge < -0.3 is 9.42 Å². The zero-order chi connectivity index (χ0) is 16.4. The van der Waals surface area contributed by atoms with Crippen LogP contribution in [0.15, 0.2) is 28.8 Å². The van der Waals surface area contributed by atoms with Gasteiger partial charge in [-0.1, -0.05) is 19.0 Å². The van der Waals surface area contributed by atoms with E-state index in [1.807, 2.05) is 18.7 Å². The van der Waals surface area contributed by atoms with Gasteiger partial charge in [-0.3, -0.25) is 4.79 Å². The molecule has 0 spiro atoms. The largest absolute Gasteiger partial charge is 0.356 e. The van der Waals surface area contributed by atoms with Crippen LogP contribution in [0, 0.1) is 11.7 Å². The maximum absolute atomic E-state index is 13.1. The first-order chi connectivity index (χ1) is 11.1. The molecule has 0 saturated carbocycles. The average Bonchev–Trinajstić information content (AvgIpc) is 2.99. The lowest BCUT2D eigenvalue weighted by molar-refractivity contribution is -0.136. The highest BCUT2D eigenvalue weighted by Crippen LogP contribution is 2.31. The Kier molecular flexibility index (Phi) is 4.46. The number of rotatable bonds is 4. The Hall–Kier alpha value is -2.17. The first-order valence-corrected chi connectivity index (χ1v) is 8.16. The molecule has 1 amide bonds. The van der Waals surface area contributed by atoms with Crippen LogP contribution in [0.25, 0.3) is 11.3 Å². The molecule has 2 aromatic rings. The number of nitrogens with zero attached hydrogens (tertiary/aromatic N) is 2. The minimum Gasteiger partial charge on any atom is -0.356 e. The van der Waals surface area contributed by atoms with Gasteiger partial charge in [-0.05, 0) is 37.1 Å². The van der Waals surface area contributed by atoms with Crippen molar-refractivity contribution < 1.29 is 13.7 Å². The van der Waals surface area contributed by atoms with Gasteiger partial charge in [0.2, 0.25) is 5.91 Å². The van der Waals surface area contributed by atoms with Crippen molar-refractivity contribution in [2.24, 2.45) is 5.92 Å². The topological polar surface area (TPSA) is 46.3 Å². The number of fused-ring (bicyclic) bond motifs is 1. The average molecular weight is 316 g/mol. The normalized spacial score (nSPS) is 14.2. The number of hydrogen-bond donors (Lipinski definition) is 0. The van der Waals surface area contributed by atoms with Crippen molar-refractivity contribution >= 4 is 5.91 Å². The molecule has 4 nitrogen and oxygen atoms in total. The summed E-state index contributed by atoms with van der Waals surface area (Å²) in [5.74, 6) is 0.632. The van der Waals surface area contributed by atoms with Gasteiger partial charge in [-0.2, -0.15) is 0 Å². The Morgan fingerprint density at radius 2 is 2.00 bits per heavy atom. The molecule has 1 aromatic heterocycles. The van der Waals surface area contributed by atoms with Crippen LogP contribution < -0.4 is 0 Å². The second kappa shape index (κ2) is 6.52. The fourth-order valence-corrected chi connectivity index (χ4v) is 3.12. The Morgan fingerprint density at radius 1 is 1.30 bits per heavy atom. The SMILES string of the molecule is CCC(CC)C(=O)N1CCc2noc(-c3ccc(F)cc3)c2C1. The van der Waals surface area contributed by atoms with Crippen molar-refractivity contribution in [3.8, 4) is 11.3 Å². The molecule has 0 N–H and O–H groups in total. The quantitative estimate of drug-likeness (QED) is 0.862. The van der Waals surface area contributed by atoms with Gasteiger partial charge in [0.25, 0.3) is 0 Å². The lowest BCUT2D eigenvalue weighted by Crippen LogP contribution is -2.39. The minimum absolute atomic E-state index is 0.0747. The number of benzene rings is 1. The van der Waals surface area contributed by atoms with Gasteiger partial charge in [-0.25, -0.2) is 4.39 Å². The number of carbonyl (C=O) groups excluding carboxylic acids is 1. The van der Waals surface area contributed by atoms with E-state index < -0.39 is 0 Å². The second-order valence-corrected chi connectivity index (χ2v) is 5.97. The van der Waals surface area contributed by atoms with Gasteiger partial charge in [0.05, 0.1) is 12.2 Å². The summed E-state index contributed by atoms with van der Waals surface area (Å²) in [6.07, 6.45) is 2.41. The van der Waals surface area contributed by atoms with Crippen LogP contribution in [-0.2, 0) is 17.8 Å². The molecule has 0 fully saturated rings. The third-order valence-corrected chi connectivity index (χ3v) is 4.59. The first-order valence-electron chi connectivity index (χ1n) is 8.16. The van der Waals surface area contributed by atoms with Crippen molar-refractivity contribution in [1.29, 1.82) is 0 Å². The highest BCUT2D eigenvalue weighted by molar-refractivity contribution is 5.79. The summed E-state index contributed by atoms with van der Waals surface area (Å²) in [6, 6.07) is 6.16. The van der Waals surface area contributed by atoms with Gasteiger partial charge in [0.1, 0.15) is 5.82 Å². The number of halogens is 1. The Morgan fingerprint density at radius 3 is 2.65 bits per heavy atom. The lowest BCUT2D eigenvalue weighted by atomic mass is 9.97. The van der Waals surface area contributed by atoms with Crippen molar-refractivity contribution in [1.82, 2.24) is 10.1 Å². The summed E-state index contributed by atoms with van der Waals surface area (Å²) in [6.45, 7) is 5.29. The molecule has 122 valence electrons. The van der Waals surface area contributed by atoms with Crippen LogP contribution >= 0.6 is 0 Å². The van der Waals surface area contributed by atoms with E-state index in [-0.39, 0.29) is 17.6 Å². The zero-order valence-corrected chi connectivity index (χ0v) is 13.5. The number of amides is 1. The molecule has 0 saturated heterocycles. The molecule has 0 aliphatic carbocycles.